The predicted octanol–water partition coefficient (Wildman–Crippen LogP) is 9.89. The summed E-state index contributed by atoms with van der Waals surface area (Å²) in [4.78, 5) is 9.72. The molecule has 0 spiro atoms. The van der Waals surface area contributed by atoms with Gasteiger partial charge in [-0.3, -0.25) is 4.99 Å². The minimum Gasteiger partial charge on any atom is -0.507 e. The third-order valence-corrected chi connectivity index (χ3v) is 7.35. The third-order valence-electron chi connectivity index (χ3n) is 7.35. The van der Waals surface area contributed by atoms with Gasteiger partial charge in [0.2, 0.25) is 5.89 Å². The van der Waals surface area contributed by atoms with Crippen LogP contribution in [-0.4, -0.2) is 16.3 Å². The molecule has 1 aromatic heterocycles. The molecular formula is C37H32N2O2. The Morgan fingerprint density at radius 1 is 0.732 bits per heavy atom. The topological polar surface area (TPSA) is 58.6 Å². The van der Waals surface area contributed by atoms with E-state index in [0.29, 0.717) is 22.7 Å². The molecule has 0 fully saturated rings. The van der Waals surface area contributed by atoms with Crippen LogP contribution < -0.4 is 0 Å². The number of benzene rings is 5. The average molecular weight is 537 g/mol. The van der Waals surface area contributed by atoms with Crippen LogP contribution in [0.3, 0.4) is 0 Å². The summed E-state index contributed by atoms with van der Waals surface area (Å²) >= 11 is 0. The van der Waals surface area contributed by atoms with E-state index in [4.69, 9.17) is 14.4 Å². The lowest BCUT2D eigenvalue weighted by atomic mass is 9.86. The van der Waals surface area contributed by atoms with Crippen molar-refractivity contribution in [3.8, 4) is 39.5 Å². The lowest BCUT2D eigenvalue weighted by Gasteiger charge is -2.19. The SMILES string of the molecule is Cc1ccc(-c2cccc(-c3cccc4oc(-c5ccccc5N=Cc5cc(C(C)(C)C)ccc5O)nc34)c2)cc1. The molecule has 0 bridgehead atoms. The molecule has 0 atom stereocenters. The number of rotatable bonds is 5. The number of hydrogen-bond acceptors (Lipinski definition) is 4. The molecule has 4 nitrogen and oxygen atoms in total. The molecule has 0 saturated heterocycles. The summed E-state index contributed by atoms with van der Waals surface area (Å²) in [6.45, 7) is 8.54. The number of phenolic OH excluding ortho intramolecular Hbond substituents is 1. The van der Waals surface area contributed by atoms with Gasteiger partial charge < -0.3 is 9.52 Å². The van der Waals surface area contributed by atoms with Gasteiger partial charge in [0.25, 0.3) is 0 Å². The van der Waals surface area contributed by atoms with Crippen molar-refractivity contribution in [3.63, 3.8) is 0 Å². The zero-order chi connectivity index (χ0) is 28.6. The van der Waals surface area contributed by atoms with E-state index in [1.54, 1.807) is 12.3 Å². The highest BCUT2D eigenvalue weighted by molar-refractivity contribution is 5.94. The van der Waals surface area contributed by atoms with Crippen LogP contribution in [0.25, 0.3) is 44.8 Å². The van der Waals surface area contributed by atoms with Crippen LogP contribution in [0.5, 0.6) is 5.75 Å². The number of hydrogen-bond donors (Lipinski definition) is 1. The Hall–Kier alpha value is -4.96. The third kappa shape index (κ3) is 5.42. The fourth-order valence-electron chi connectivity index (χ4n) is 4.94. The Morgan fingerprint density at radius 2 is 1.46 bits per heavy atom. The maximum atomic E-state index is 10.5. The lowest BCUT2D eigenvalue weighted by Crippen LogP contribution is -2.11. The van der Waals surface area contributed by atoms with Gasteiger partial charge >= 0.3 is 0 Å². The second-order valence-electron chi connectivity index (χ2n) is 11.4. The number of aryl methyl sites for hydroxylation is 1. The van der Waals surface area contributed by atoms with Crippen LogP contribution in [0, 0.1) is 6.92 Å². The minimum absolute atomic E-state index is 0.0379. The molecule has 0 aliphatic heterocycles. The second kappa shape index (κ2) is 10.5. The fraction of sp³-hybridized carbons (Fsp3) is 0.135. The molecule has 0 amide bonds. The number of aromatic hydroxyl groups is 1. The molecule has 0 aliphatic carbocycles. The molecule has 0 unspecified atom stereocenters. The summed E-state index contributed by atoms with van der Waals surface area (Å²) in [7, 11) is 0. The molecule has 5 aromatic carbocycles. The molecule has 202 valence electrons. The Labute approximate surface area is 240 Å². The largest absolute Gasteiger partial charge is 0.507 e. The molecule has 6 rings (SSSR count). The monoisotopic (exact) mass is 536 g/mol. The Kier molecular flexibility index (Phi) is 6.76. The Bertz CT molecular complexity index is 1890. The summed E-state index contributed by atoms with van der Waals surface area (Å²) in [5.74, 6) is 0.696. The number of aromatic nitrogens is 1. The van der Waals surface area contributed by atoms with E-state index in [1.165, 1.54) is 11.1 Å². The second-order valence-corrected chi connectivity index (χ2v) is 11.4. The highest BCUT2D eigenvalue weighted by Gasteiger charge is 2.17. The van der Waals surface area contributed by atoms with Crippen LogP contribution in [0.2, 0.25) is 0 Å². The quantitative estimate of drug-likeness (QED) is 0.223. The van der Waals surface area contributed by atoms with Gasteiger partial charge in [0.15, 0.2) is 5.58 Å². The molecule has 41 heavy (non-hydrogen) atoms. The van der Waals surface area contributed by atoms with E-state index >= 15 is 0 Å². The predicted molar refractivity (Wildman–Crippen MR) is 169 cm³/mol. The summed E-state index contributed by atoms with van der Waals surface area (Å²) in [5.41, 5.74) is 10.4. The summed E-state index contributed by atoms with van der Waals surface area (Å²) in [6, 6.07) is 36.6. The first-order valence-electron chi connectivity index (χ1n) is 13.8. The first-order chi connectivity index (χ1) is 19.8. The molecule has 4 heteroatoms. The minimum atomic E-state index is -0.0379. The number of oxazole rings is 1. The van der Waals surface area contributed by atoms with Crippen molar-refractivity contribution in [3.05, 3.63) is 126 Å². The summed E-state index contributed by atoms with van der Waals surface area (Å²) < 4.78 is 6.29. The van der Waals surface area contributed by atoms with E-state index < -0.39 is 0 Å². The first kappa shape index (κ1) is 26.3. The molecule has 0 aliphatic rings. The van der Waals surface area contributed by atoms with E-state index in [2.05, 4.69) is 82.3 Å². The van der Waals surface area contributed by atoms with Crippen LogP contribution >= 0.6 is 0 Å². The number of nitrogens with zero attached hydrogens (tertiary/aromatic N) is 2. The van der Waals surface area contributed by atoms with Crippen molar-refractivity contribution in [2.24, 2.45) is 4.99 Å². The van der Waals surface area contributed by atoms with Crippen LogP contribution in [0.4, 0.5) is 5.69 Å². The van der Waals surface area contributed by atoms with Crippen LogP contribution in [0.1, 0.15) is 37.5 Å². The molecular weight excluding hydrogens is 504 g/mol. The maximum absolute atomic E-state index is 10.5. The van der Waals surface area contributed by atoms with Crippen LogP contribution in [0.15, 0.2) is 119 Å². The number of aliphatic imine (C=N–C) groups is 1. The molecule has 0 saturated carbocycles. The molecule has 6 aromatic rings. The highest BCUT2D eigenvalue weighted by atomic mass is 16.3. The van der Waals surface area contributed by atoms with Gasteiger partial charge in [0.05, 0.1) is 11.3 Å². The average Bonchev–Trinajstić information content (AvgIpc) is 3.41. The maximum Gasteiger partial charge on any atom is 0.229 e. The highest BCUT2D eigenvalue weighted by Crippen LogP contribution is 2.37. The summed E-state index contributed by atoms with van der Waals surface area (Å²) in [6.07, 6.45) is 1.70. The van der Waals surface area contributed by atoms with Gasteiger partial charge in [-0.15, -0.1) is 0 Å². The van der Waals surface area contributed by atoms with Crippen molar-refractivity contribution in [2.45, 2.75) is 33.1 Å². The Morgan fingerprint density at radius 3 is 2.27 bits per heavy atom. The van der Waals surface area contributed by atoms with Gasteiger partial charge in [-0.05, 0) is 71.0 Å². The van der Waals surface area contributed by atoms with Gasteiger partial charge in [-0.1, -0.05) is 99.1 Å². The molecule has 1 heterocycles. The number of phenols is 1. The van der Waals surface area contributed by atoms with Gasteiger partial charge in [0, 0.05) is 17.3 Å². The zero-order valence-electron chi connectivity index (χ0n) is 23.7. The molecule has 1 N–H and O–H groups in total. The smallest absolute Gasteiger partial charge is 0.229 e. The van der Waals surface area contributed by atoms with Crippen molar-refractivity contribution < 1.29 is 9.52 Å². The van der Waals surface area contributed by atoms with Gasteiger partial charge in [0.1, 0.15) is 11.3 Å². The van der Waals surface area contributed by atoms with Crippen molar-refractivity contribution in [1.29, 1.82) is 0 Å². The first-order valence-corrected chi connectivity index (χ1v) is 13.8. The zero-order valence-corrected chi connectivity index (χ0v) is 23.7. The van der Waals surface area contributed by atoms with E-state index in [9.17, 15) is 5.11 Å². The van der Waals surface area contributed by atoms with E-state index in [0.717, 1.165) is 33.3 Å². The molecule has 0 radical (unpaired) electrons. The van der Waals surface area contributed by atoms with Crippen molar-refractivity contribution in [2.75, 3.05) is 0 Å². The van der Waals surface area contributed by atoms with Crippen molar-refractivity contribution >= 4 is 23.0 Å². The number of para-hydroxylation sites is 2. The standard InChI is InChI=1S/C37H32N2O2/c1-24-15-17-25(18-16-24)26-9-7-10-27(21-26)30-12-8-14-34-35(30)39-36(41-34)31-11-5-6-13-32(31)38-23-28-22-29(37(2,3)4)19-20-33(28)40/h5-23,40H,1-4H3. The lowest BCUT2D eigenvalue weighted by molar-refractivity contribution is 0.473. The van der Waals surface area contributed by atoms with E-state index in [-0.39, 0.29) is 11.2 Å². The normalized spacial score (nSPS) is 11.9. The fourth-order valence-corrected chi connectivity index (χ4v) is 4.94. The van der Waals surface area contributed by atoms with Gasteiger partial charge in [-0.25, -0.2) is 4.98 Å². The van der Waals surface area contributed by atoms with Crippen molar-refractivity contribution in [1.82, 2.24) is 4.98 Å². The Balaban J connectivity index is 1.38. The van der Waals surface area contributed by atoms with E-state index in [1.807, 2.05) is 48.5 Å². The van der Waals surface area contributed by atoms with Gasteiger partial charge in [-0.2, -0.15) is 0 Å². The summed E-state index contributed by atoms with van der Waals surface area (Å²) in [5, 5.41) is 10.5. The number of fused-ring (bicyclic) bond motifs is 1. The van der Waals surface area contributed by atoms with Crippen LogP contribution in [-0.2, 0) is 5.41 Å².